The molecule has 20 heavy (non-hydrogen) atoms. The highest BCUT2D eigenvalue weighted by molar-refractivity contribution is 5.98. The molecular weight excluding hydrogens is 248 g/mol. The standard InChI is InChI=1S/C17H16N2O/c1-19-10-13-9-12(5-7-14(13)17(19)20)16-8-6-11-3-2-4-15(11)18-16/h5-9H,2-4,10H2,1H3. The second kappa shape index (κ2) is 4.17. The predicted molar refractivity (Wildman–Crippen MR) is 77.5 cm³/mol. The summed E-state index contributed by atoms with van der Waals surface area (Å²) >= 11 is 0. The Bertz CT molecular complexity index is 721. The van der Waals surface area contributed by atoms with Crippen LogP contribution in [-0.4, -0.2) is 22.8 Å². The molecule has 0 saturated heterocycles. The molecule has 2 aliphatic rings. The fourth-order valence-corrected chi connectivity index (χ4v) is 3.21. The molecule has 4 rings (SSSR count). The molecule has 0 saturated carbocycles. The largest absolute Gasteiger partial charge is 0.337 e. The SMILES string of the molecule is CN1Cc2cc(-c3ccc4c(n3)CCC4)ccc2C1=O. The minimum Gasteiger partial charge on any atom is -0.337 e. The fraction of sp³-hybridized carbons (Fsp3) is 0.294. The number of aryl methyl sites for hydroxylation is 2. The zero-order valence-electron chi connectivity index (χ0n) is 11.5. The zero-order chi connectivity index (χ0) is 13.7. The smallest absolute Gasteiger partial charge is 0.254 e. The van der Waals surface area contributed by atoms with Gasteiger partial charge < -0.3 is 4.90 Å². The lowest BCUT2D eigenvalue weighted by molar-refractivity contribution is 0.0816. The van der Waals surface area contributed by atoms with Crippen molar-refractivity contribution >= 4 is 5.91 Å². The number of hydrogen-bond acceptors (Lipinski definition) is 2. The lowest BCUT2D eigenvalue weighted by atomic mass is 10.0. The quantitative estimate of drug-likeness (QED) is 0.793. The maximum Gasteiger partial charge on any atom is 0.254 e. The van der Waals surface area contributed by atoms with E-state index in [1.54, 1.807) is 4.90 Å². The monoisotopic (exact) mass is 264 g/mol. The van der Waals surface area contributed by atoms with Crippen LogP contribution in [0.4, 0.5) is 0 Å². The van der Waals surface area contributed by atoms with Gasteiger partial charge in [-0.05, 0) is 48.6 Å². The maximum absolute atomic E-state index is 11.9. The van der Waals surface area contributed by atoms with Gasteiger partial charge in [0.25, 0.3) is 5.91 Å². The van der Waals surface area contributed by atoms with Crippen molar-refractivity contribution in [3.05, 3.63) is 52.7 Å². The van der Waals surface area contributed by atoms with E-state index in [0.29, 0.717) is 6.54 Å². The van der Waals surface area contributed by atoms with Crippen LogP contribution >= 0.6 is 0 Å². The molecule has 1 aromatic heterocycles. The lowest BCUT2D eigenvalue weighted by Gasteiger charge is -2.06. The molecule has 2 heterocycles. The van der Waals surface area contributed by atoms with Crippen molar-refractivity contribution < 1.29 is 4.79 Å². The van der Waals surface area contributed by atoms with E-state index in [-0.39, 0.29) is 5.91 Å². The van der Waals surface area contributed by atoms with Crippen LogP contribution in [0.2, 0.25) is 0 Å². The van der Waals surface area contributed by atoms with Gasteiger partial charge in [0, 0.05) is 30.4 Å². The summed E-state index contributed by atoms with van der Waals surface area (Å²) in [5.74, 6) is 0.119. The topological polar surface area (TPSA) is 33.2 Å². The van der Waals surface area contributed by atoms with Crippen LogP contribution in [0.1, 0.15) is 33.6 Å². The summed E-state index contributed by atoms with van der Waals surface area (Å²) in [7, 11) is 1.84. The highest BCUT2D eigenvalue weighted by Crippen LogP contribution is 2.29. The summed E-state index contributed by atoms with van der Waals surface area (Å²) in [4.78, 5) is 18.5. The predicted octanol–water partition coefficient (Wildman–Crippen LogP) is 2.82. The number of carbonyl (C=O) groups is 1. The molecule has 100 valence electrons. The van der Waals surface area contributed by atoms with Gasteiger partial charge in [0.1, 0.15) is 0 Å². The van der Waals surface area contributed by atoms with E-state index < -0.39 is 0 Å². The summed E-state index contributed by atoms with van der Waals surface area (Å²) < 4.78 is 0. The minimum absolute atomic E-state index is 0.119. The normalized spacial score (nSPS) is 16.4. The van der Waals surface area contributed by atoms with Gasteiger partial charge in [-0.2, -0.15) is 0 Å². The van der Waals surface area contributed by atoms with Gasteiger partial charge in [-0.15, -0.1) is 0 Å². The first-order valence-corrected chi connectivity index (χ1v) is 7.10. The third-order valence-corrected chi connectivity index (χ3v) is 4.31. The molecule has 0 bridgehead atoms. The van der Waals surface area contributed by atoms with Crippen LogP contribution < -0.4 is 0 Å². The number of aromatic nitrogens is 1. The van der Waals surface area contributed by atoms with Crippen molar-refractivity contribution in [1.29, 1.82) is 0 Å². The van der Waals surface area contributed by atoms with Crippen molar-refractivity contribution in [3.8, 4) is 11.3 Å². The van der Waals surface area contributed by atoms with Crippen LogP contribution in [0.25, 0.3) is 11.3 Å². The van der Waals surface area contributed by atoms with Crippen LogP contribution in [0.15, 0.2) is 30.3 Å². The number of benzene rings is 1. The van der Waals surface area contributed by atoms with Gasteiger partial charge in [-0.1, -0.05) is 12.1 Å². The average molecular weight is 264 g/mol. The molecule has 2 aromatic rings. The van der Waals surface area contributed by atoms with Crippen molar-refractivity contribution in [2.45, 2.75) is 25.8 Å². The molecule has 0 fully saturated rings. The van der Waals surface area contributed by atoms with Gasteiger partial charge in [-0.25, -0.2) is 0 Å². The summed E-state index contributed by atoms with van der Waals surface area (Å²) in [6.45, 7) is 0.701. The number of amides is 1. The van der Waals surface area contributed by atoms with Gasteiger partial charge in [0.15, 0.2) is 0 Å². The third kappa shape index (κ3) is 1.66. The second-order valence-electron chi connectivity index (χ2n) is 5.69. The van der Waals surface area contributed by atoms with Crippen LogP contribution in [0.3, 0.4) is 0 Å². The molecule has 0 radical (unpaired) electrons. The summed E-state index contributed by atoms with van der Waals surface area (Å²) in [5, 5.41) is 0. The summed E-state index contributed by atoms with van der Waals surface area (Å²) in [6, 6.07) is 10.4. The molecule has 1 aliphatic heterocycles. The van der Waals surface area contributed by atoms with Gasteiger partial charge in [0.2, 0.25) is 0 Å². The van der Waals surface area contributed by atoms with E-state index in [1.807, 2.05) is 19.2 Å². The van der Waals surface area contributed by atoms with Crippen LogP contribution in [0, 0.1) is 0 Å². The highest BCUT2D eigenvalue weighted by Gasteiger charge is 2.24. The minimum atomic E-state index is 0.119. The Kier molecular flexibility index (Phi) is 2.43. The van der Waals surface area contributed by atoms with E-state index in [0.717, 1.165) is 35.2 Å². The molecular formula is C17H16N2O. The molecule has 0 spiro atoms. The number of carbonyl (C=O) groups excluding carboxylic acids is 1. The average Bonchev–Trinajstić information content (AvgIpc) is 3.03. The second-order valence-corrected chi connectivity index (χ2v) is 5.69. The Morgan fingerprint density at radius 1 is 1.10 bits per heavy atom. The van der Waals surface area contributed by atoms with Crippen LogP contribution in [-0.2, 0) is 19.4 Å². The van der Waals surface area contributed by atoms with Gasteiger partial charge in [0.05, 0.1) is 5.69 Å². The Morgan fingerprint density at radius 2 is 2.00 bits per heavy atom. The number of fused-ring (bicyclic) bond motifs is 2. The third-order valence-electron chi connectivity index (χ3n) is 4.31. The molecule has 0 unspecified atom stereocenters. The Hall–Kier alpha value is -2.16. The number of nitrogens with zero attached hydrogens (tertiary/aromatic N) is 2. The first kappa shape index (κ1) is 11.6. The number of rotatable bonds is 1. The van der Waals surface area contributed by atoms with Gasteiger partial charge >= 0.3 is 0 Å². The Morgan fingerprint density at radius 3 is 2.90 bits per heavy atom. The lowest BCUT2D eigenvalue weighted by Crippen LogP contribution is -2.17. The summed E-state index contributed by atoms with van der Waals surface area (Å²) in [6.07, 6.45) is 3.47. The van der Waals surface area contributed by atoms with E-state index in [9.17, 15) is 4.79 Å². The Labute approximate surface area is 118 Å². The molecule has 0 atom stereocenters. The van der Waals surface area contributed by atoms with Crippen LogP contribution in [0.5, 0.6) is 0 Å². The summed E-state index contributed by atoms with van der Waals surface area (Å²) in [5.41, 5.74) is 6.72. The fourth-order valence-electron chi connectivity index (χ4n) is 3.21. The number of pyridine rings is 1. The molecule has 3 nitrogen and oxygen atoms in total. The molecule has 1 amide bonds. The van der Waals surface area contributed by atoms with Crippen molar-refractivity contribution in [3.63, 3.8) is 0 Å². The maximum atomic E-state index is 11.9. The first-order chi connectivity index (χ1) is 9.72. The Balaban J connectivity index is 1.77. The van der Waals surface area contributed by atoms with E-state index in [4.69, 9.17) is 4.98 Å². The first-order valence-electron chi connectivity index (χ1n) is 7.10. The van der Waals surface area contributed by atoms with Crippen molar-refractivity contribution in [2.24, 2.45) is 0 Å². The van der Waals surface area contributed by atoms with E-state index in [1.165, 1.54) is 17.7 Å². The molecule has 3 heteroatoms. The van der Waals surface area contributed by atoms with Crippen molar-refractivity contribution in [2.75, 3.05) is 7.05 Å². The number of hydrogen-bond donors (Lipinski definition) is 0. The molecule has 1 aromatic carbocycles. The van der Waals surface area contributed by atoms with Crippen molar-refractivity contribution in [1.82, 2.24) is 9.88 Å². The van der Waals surface area contributed by atoms with Gasteiger partial charge in [-0.3, -0.25) is 9.78 Å². The van der Waals surface area contributed by atoms with E-state index in [2.05, 4.69) is 18.2 Å². The molecule has 1 aliphatic carbocycles. The highest BCUT2D eigenvalue weighted by atomic mass is 16.2. The molecule has 0 N–H and O–H groups in total. The zero-order valence-corrected chi connectivity index (χ0v) is 11.5. The van der Waals surface area contributed by atoms with E-state index >= 15 is 0 Å².